The van der Waals surface area contributed by atoms with Crippen molar-refractivity contribution in [1.82, 2.24) is 9.80 Å². The molecule has 0 unspecified atom stereocenters. The van der Waals surface area contributed by atoms with Gasteiger partial charge in [-0.05, 0) is 24.3 Å². The lowest BCUT2D eigenvalue weighted by molar-refractivity contribution is 0.105. The molecule has 0 atom stereocenters. The predicted molar refractivity (Wildman–Crippen MR) is 107 cm³/mol. The molecule has 6 heteroatoms. The molecule has 2 aromatic rings. The molecule has 0 bridgehead atoms. The molecule has 1 aliphatic heterocycles. The van der Waals surface area contributed by atoms with Crippen LogP contribution >= 0.6 is 23.2 Å². The van der Waals surface area contributed by atoms with E-state index in [9.17, 15) is 0 Å². The summed E-state index contributed by atoms with van der Waals surface area (Å²) in [7, 11) is 0. The number of benzene rings is 2. The van der Waals surface area contributed by atoms with Crippen molar-refractivity contribution in [2.24, 2.45) is 0 Å². The Balaban J connectivity index is 1.31. The molecule has 0 saturated carbocycles. The zero-order chi connectivity index (χ0) is 18.2. The third-order valence-corrected chi connectivity index (χ3v) is 5.05. The van der Waals surface area contributed by atoms with Crippen molar-refractivity contribution in [3.63, 3.8) is 0 Å². The van der Waals surface area contributed by atoms with E-state index in [0.717, 1.165) is 51.6 Å². The Morgan fingerprint density at radius 1 is 0.692 bits per heavy atom. The van der Waals surface area contributed by atoms with Gasteiger partial charge in [-0.1, -0.05) is 47.5 Å². The average molecular weight is 395 g/mol. The summed E-state index contributed by atoms with van der Waals surface area (Å²) in [6.45, 7) is 7.29. The second-order valence-corrected chi connectivity index (χ2v) is 7.06. The number of ether oxygens (including phenoxy) is 2. The minimum Gasteiger partial charge on any atom is -0.492 e. The molecule has 2 aromatic carbocycles. The number of nitrogens with zero attached hydrogens (tertiary/aromatic N) is 2. The highest BCUT2D eigenvalue weighted by Crippen LogP contribution is 2.32. The first-order chi connectivity index (χ1) is 12.7. The lowest BCUT2D eigenvalue weighted by atomic mass is 10.3. The van der Waals surface area contributed by atoms with Gasteiger partial charge in [0.1, 0.15) is 19.0 Å². The number of halogens is 2. The van der Waals surface area contributed by atoms with Crippen LogP contribution in [0.5, 0.6) is 11.5 Å². The van der Waals surface area contributed by atoms with Crippen molar-refractivity contribution >= 4 is 23.2 Å². The van der Waals surface area contributed by atoms with Gasteiger partial charge in [0.15, 0.2) is 5.75 Å². The summed E-state index contributed by atoms with van der Waals surface area (Å²) in [6, 6.07) is 15.4. The molecule has 0 aromatic heterocycles. The molecule has 140 valence electrons. The highest BCUT2D eigenvalue weighted by Gasteiger charge is 2.17. The molecular formula is C20H24Cl2N2O2. The highest BCUT2D eigenvalue weighted by molar-refractivity contribution is 6.37. The quantitative estimate of drug-likeness (QED) is 0.673. The maximum absolute atomic E-state index is 6.12. The largest absolute Gasteiger partial charge is 0.492 e. The molecule has 1 heterocycles. The second kappa shape index (κ2) is 10.0. The summed E-state index contributed by atoms with van der Waals surface area (Å²) < 4.78 is 11.5. The fourth-order valence-electron chi connectivity index (χ4n) is 2.94. The van der Waals surface area contributed by atoms with Gasteiger partial charge in [0, 0.05) is 39.3 Å². The van der Waals surface area contributed by atoms with Crippen LogP contribution in [0.4, 0.5) is 0 Å². The van der Waals surface area contributed by atoms with Crippen LogP contribution in [0.3, 0.4) is 0 Å². The van der Waals surface area contributed by atoms with E-state index in [2.05, 4.69) is 9.80 Å². The first-order valence-corrected chi connectivity index (χ1v) is 9.67. The van der Waals surface area contributed by atoms with E-state index in [1.807, 2.05) is 36.4 Å². The van der Waals surface area contributed by atoms with Crippen molar-refractivity contribution < 1.29 is 9.47 Å². The van der Waals surface area contributed by atoms with Crippen LogP contribution in [-0.2, 0) is 0 Å². The van der Waals surface area contributed by atoms with Gasteiger partial charge in [0.25, 0.3) is 0 Å². The molecule has 0 radical (unpaired) electrons. The first-order valence-electron chi connectivity index (χ1n) is 8.92. The summed E-state index contributed by atoms with van der Waals surface area (Å²) in [6.07, 6.45) is 0. The van der Waals surface area contributed by atoms with Crippen LogP contribution in [0.2, 0.25) is 10.0 Å². The van der Waals surface area contributed by atoms with Gasteiger partial charge in [-0.25, -0.2) is 0 Å². The summed E-state index contributed by atoms with van der Waals surface area (Å²) in [4.78, 5) is 4.84. The number of hydrogen-bond acceptors (Lipinski definition) is 4. The van der Waals surface area contributed by atoms with Crippen LogP contribution in [0, 0.1) is 0 Å². The van der Waals surface area contributed by atoms with E-state index in [1.165, 1.54) is 0 Å². The van der Waals surface area contributed by atoms with E-state index >= 15 is 0 Å². The molecule has 1 fully saturated rings. The number of para-hydroxylation sites is 2. The van der Waals surface area contributed by atoms with Crippen molar-refractivity contribution in [3.8, 4) is 11.5 Å². The monoisotopic (exact) mass is 394 g/mol. The number of piperazine rings is 1. The Hall–Kier alpha value is -1.46. The van der Waals surface area contributed by atoms with Gasteiger partial charge < -0.3 is 9.47 Å². The molecule has 1 aliphatic rings. The maximum Gasteiger partial charge on any atom is 0.156 e. The molecule has 0 aliphatic carbocycles. The average Bonchev–Trinajstić information content (AvgIpc) is 2.66. The normalized spacial score (nSPS) is 15.8. The minimum absolute atomic E-state index is 0.556. The zero-order valence-corrected chi connectivity index (χ0v) is 16.3. The zero-order valence-electron chi connectivity index (χ0n) is 14.7. The van der Waals surface area contributed by atoms with E-state index < -0.39 is 0 Å². The summed E-state index contributed by atoms with van der Waals surface area (Å²) >= 11 is 12.2. The Kier molecular flexibility index (Phi) is 7.44. The van der Waals surface area contributed by atoms with Gasteiger partial charge in [0.2, 0.25) is 0 Å². The Bertz CT molecular complexity index is 657. The van der Waals surface area contributed by atoms with Crippen LogP contribution < -0.4 is 9.47 Å². The van der Waals surface area contributed by atoms with Crippen LogP contribution in [0.25, 0.3) is 0 Å². The maximum atomic E-state index is 6.12. The van der Waals surface area contributed by atoms with Crippen molar-refractivity contribution in [2.75, 3.05) is 52.5 Å². The Morgan fingerprint density at radius 3 is 1.81 bits per heavy atom. The van der Waals surface area contributed by atoms with Gasteiger partial charge in [0.05, 0.1) is 10.0 Å². The summed E-state index contributed by atoms with van der Waals surface area (Å²) in [5.41, 5.74) is 0. The van der Waals surface area contributed by atoms with Crippen molar-refractivity contribution in [1.29, 1.82) is 0 Å². The van der Waals surface area contributed by atoms with Gasteiger partial charge in [-0.2, -0.15) is 0 Å². The summed E-state index contributed by atoms with van der Waals surface area (Å²) in [5, 5.41) is 1.11. The number of hydrogen-bond donors (Lipinski definition) is 0. The topological polar surface area (TPSA) is 24.9 Å². The molecule has 0 N–H and O–H groups in total. The molecule has 4 nitrogen and oxygen atoms in total. The van der Waals surface area contributed by atoms with E-state index in [-0.39, 0.29) is 0 Å². The second-order valence-electron chi connectivity index (χ2n) is 6.24. The van der Waals surface area contributed by atoms with Crippen LogP contribution in [-0.4, -0.2) is 62.3 Å². The Labute approximate surface area is 165 Å². The smallest absolute Gasteiger partial charge is 0.156 e. The SMILES string of the molecule is Clc1cccc(Cl)c1OCCN1CCN(CCOc2ccccc2)CC1. The molecular weight excluding hydrogens is 371 g/mol. The fraction of sp³-hybridized carbons (Fsp3) is 0.400. The fourth-order valence-corrected chi connectivity index (χ4v) is 3.45. The first kappa shape index (κ1) is 19.3. The van der Waals surface area contributed by atoms with E-state index in [0.29, 0.717) is 22.4 Å². The number of rotatable bonds is 8. The lowest BCUT2D eigenvalue weighted by Gasteiger charge is -2.34. The Morgan fingerprint density at radius 2 is 1.23 bits per heavy atom. The third kappa shape index (κ3) is 5.78. The van der Waals surface area contributed by atoms with E-state index in [1.54, 1.807) is 12.1 Å². The van der Waals surface area contributed by atoms with Gasteiger partial charge in [-0.15, -0.1) is 0 Å². The molecule has 0 amide bonds. The molecule has 26 heavy (non-hydrogen) atoms. The van der Waals surface area contributed by atoms with Crippen molar-refractivity contribution in [2.45, 2.75) is 0 Å². The molecule has 1 saturated heterocycles. The standard InChI is InChI=1S/C20H24Cl2N2O2/c21-18-7-4-8-19(22)20(18)26-16-14-24-11-9-23(10-12-24)13-15-25-17-5-2-1-3-6-17/h1-8H,9-16H2. The summed E-state index contributed by atoms with van der Waals surface area (Å²) in [5.74, 6) is 1.51. The van der Waals surface area contributed by atoms with Crippen molar-refractivity contribution in [3.05, 3.63) is 58.6 Å². The molecule has 3 rings (SSSR count). The van der Waals surface area contributed by atoms with E-state index in [4.69, 9.17) is 32.7 Å². The van der Waals surface area contributed by atoms with Gasteiger partial charge >= 0.3 is 0 Å². The van der Waals surface area contributed by atoms with Gasteiger partial charge in [-0.3, -0.25) is 9.80 Å². The predicted octanol–water partition coefficient (Wildman–Crippen LogP) is 4.07. The third-order valence-electron chi connectivity index (χ3n) is 4.46. The van der Waals surface area contributed by atoms with Crippen LogP contribution in [0.1, 0.15) is 0 Å². The lowest BCUT2D eigenvalue weighted by Crippen LogP contribution is -2.48. The minimum atomic E-state index is 0.556. The molecule has 0 spiro atoms. The van der Waals surface area contributed by atoms with Crippen LogP contribution in [0.15, 0.2) is 48.5 Å². The highest BCUT2D eigenvalue weighted by atomic mass is 35.5.